The van der Waals surface area contributed by atoms with E-state index in [0.29, 0.717) is 25.3 Å². The van der Waals surface area contributed by atoms with Crippen molar-refractivity contribution in [1.29, 1.82) is 0 Å². The summed E-state index contributed by atoms with van der Waals surface area (Å²) in [6, 6.07) is 0. The normalized spacial score (nSPS) is 31.6. The van der Waals surface area contributed by atoms with Crippen LogP contribution in [0.2, 0.25) is 0 Å². The minimum absolute atomic E-state index is 0.0899. The van der Waals surface area contributed by atoms with Crippen LogP contribution in [0.1, 0.15) is 90.9 Å². The maximum Gasteiger partial charge on any atom is 0.307 e. The predicted molar refractivity (Wildman–Crippen MR) is 144 cm³/mol. The molecule has 4 rings (SSSR count). The van der Waals surface area contributed by atoms with E-state index in [1.165, 1.54) is 0 Å². The minimum atomic E-state index is -1.22. The fraction of sp³-hybridized carbons (Fsp3) is 0.828. The molecule has 0 aromatic heterocycles. The van der Waals surface area contributed by atoms with Gasteiger partial charge >= 0.3 is 5.97 Å². The van der Waals surface area contributed by atoms with Crippen LogP contribution in [0.5, 0.6) is 0 Å². The Bertz CT molecular complexity index is 959. The maximum absolute atomic E-state index is 14.3. The van der Waals surface area contributed by atoms with E-state index in [-0.39, 0.29) is 30.4 Å². The van der Waals surface area contributed by atoms with E-state index in [1.54, 1.807) is 0 Å². The standard InChI is InChI=1S/C29H46N4O6/c1-3-4-5-8-23(35)32-22(16-24(36)37)33-26(38)25-28(2,17-21(34)10-9-19-11-14-30-15-12-19)29(25,27(33)39)20-7-6-13-31-18-20/h19-20,22,25,30-31H,3-18H2,1-2H3,(H,32,35)(H,36,37)/t20?,22-,25?,28?,29-/m0/s1. The summed E-state index contributed by atoms with van der Waals surface area (Å²) in [5, 5.41) is 18.9. The van der Waals surface area contributed by atoms with Crippen molar-refractivity contribution in [2.45, 2.75) is 97.1 Å². The summed E-state index contributed by atoms with van der Waals surface area (Å²) in [6.07, 6.45) is 6.11. The van der Waals surface area contributed by atoms with E-state index in [0.717, 1.165) is 69.5 Å². The Hall–Kier alpha value is -2.33. The third-order valence-corrected chi connectivity index (χ3v) is 9.82. The van der Waals surface area contributed by atoms with E-state index in [2.05, 4.69) is 16.0 Å². The third kappa shape index (κ3) is 5.78. The number of nitrogens with zero attached hydrogens (tertiary/aromatic N) is 1. The average Bonchev–Trinajstić information content (AvgIpc) is 3.36. The Morgan fingerprint density at radius 1 is 1.08 bits per heavy atom. The molecule has 4 N–H and O–H groups in total. The van der Waals surface area contributed by atoms with Gasteiger partial charge in [0.15, 0.2) is 0 Å². The van der Waals surface area contributed by atoms with Gasteiger partial charge in [-0.2, -0.15) is 0 Å². The lowest BCUT2D eigenvalue weighted by Crippen LogP contribution is -2.56. The van der Waals surface area contributed by atoms with Crippen LogP contribution in [-0.4, -0.2) is 71.8 Å². The first kappa shape index (κ1) is 29.6. The van der Waals surface area contributed by atoms with Gasteiger partial charge in [-0.15, -0.1) is 0 Å². The molecule has 5 atom stereocenters. The molecule has 0 aromatic carbocycles. The molecule has 3 heterocycles. The van der Waals surface area contributed by atoms with Gasteiger partial charge < -0.3 is 21.1 Å². The highest BCUT2D eigenvalue weighted by atomic mass is 16.4. The molecule has 3 saturated heterocycles. The van der Waals surface area contributed by atoms with Gasteiger partial charge in [-0.05, 0) is 76.5 Å². The molecular formula is C29H46N4O6. The van der Waals surface area contributed by atoms with Crippen molar-refractivity contribution >= 4 is 29.5 Å². The number of hydrogen-bond donors (Lipinski definition) is 4. The molecule has 0 radical (unpaired) electrons. The van der Waals surface area contributed by atoms with Crippen molar-refractivity contribution in [3.05, 3.63) is 0 Å². The number of amides is 3. The number of carboxylic acid groups (broad SMARTS) is 1. The van der Waals surface area contributed by atoms with Gasteiger partial charge in [0.25, 0.3) is 0 Å². The van der Waals surface area contributed by atoms with Gasteiger partial charge in [0.1, 0.15) is 11.9 Å². The summed E-state index contributed by atoms with van der Waals surface area (Å²) >= 11 is 0. The molecule has 39 heavy (non-hydrogen) atoms. The number of aliphatic carboxylic acids is 1. The number of Topliss-reactive ketones (excluding diaryl/α,β-unsaturated/α-hetero) is 1. The Morgan fingerprint density at radius 3 is 2.46 bits per heavy atom. The van der Waals surface area contributed by atoms with Gasteiger partial charge in [0, 0.05) is 24.7 Å². The lowest BCUT2D eigenvalue weighted by atomic mass is 9.75. The van der Waals surface area contributed by atoms with Crippen LogP contribution in [0.3, 0.4) is 0 Å². The Kier molecular flexibility index (Phi) is 9.47. The van der Waals surface area contributed by atoms with Gasteiger partial charge in [-0.3, -0.25) is 28.9 Å². The number of imide groups is 1. The molecular weight excluding hydrogens is 500 g/mol. The fourth-order valence-corrected chi connectivity index (χ4v) is 7.84. The van der Waals surface area contributed by atoms with E-state index >= 15 is 0 Å². The molecule has 1 saturated carbocycles. The monoisotopic (exact) mass is 546 g/mol. The maximum atomic E-state index is 14.3. The highest BCUT2D eigenvalue weighted by Gasteiger charge is 2.88. The zero-order valence-electron chi connectivity index (χ0n) is 23.6. The van der Waals surface area contributed by atoms with E-state index < -0.39 is 47.1 Å². The first-order valence-electron chi connectivity index (χ1n) is 15.0. The number of rotatable bonds is 14. The lowest BCUT2D eigenvalue weighted by Gasteiger charge is -2.37. The fourth-order valence-electron chi connectivity index (χ4n) is 7.84. The van der Waals surface area contributed by atoms with Gasteiger partial charge in [0.2, 0.25) is 17.7 Å². The number of piperidine rings is 3. The third-order valence-electron chi connectivity index (χ3n) is 9.82. The summed E-state index contributed by atoms with van der Waals surface area (Å²) < 4.78 is 0. The molecule has 218 valence electrons. The summed E-state index contributed by atoms with van der Waals surface area (Å²) in [7, 11) is 0. The largest absolute Gasteiger partial charge is 0.481 e. The van der Waals surface area contributed by atoms with E-state index in [4.69, 9.17) is 0 Å². The number of unbranched alkanes of at least 4 members (excludes halogenated alkanes) is 2. The number of carbonyl (C=O) groups is 5. The number of carboxylic acids is 1. The molecule has 1 aliphatic carbocycles. The molecule has 0 aromatic rings. The number of carbonyl (C=O) groups excluding carboxylic acids is 4. The van der Waals surface area contributed by atoms with Gasteiger partial charge in [-0.25, -0.2) is 0 Å². The smallest absolute Gasteiger partial charge is 0.307 e. The molecule has 3 unspecified atom stereocenters. The number of hydrogen-bond acceptors (Lipinski definition) is 7. The summed E-state index contributed by atoms with van der Waals surface area (Å²) in [5.74, 6) is -2.59. The first-order chi connectivity index (χ1) is 18.7. The van der Waals surface area contributed by atoms with Crippen LogP contribution < -0.4 is 16.0 Å². The molecule has 4 aliphatic rings. The summed E-state index contributed by atoms with van der Waals surface area (Å²) in [4.78, 5) is 66.7. The van der Waals surface area contributed by atoms with E-state index in [9.17, 15) is 29.1 Å². The second-order valence-corrected chi connectivity index (χ2v) is 12.4. The quantitative estimate of drug-likeness (QED) is 0.192. The zero-order valence-corrected chi connectivity index (χ0v) is 23.6. The molecule has 0 bridgehead atoms. The van der Waals surface area contributed by atoms with Crippen LogP contribution in [0.25, 0.3) is 0 Å². The second-order valence-electron chi connectivity index (χ2n) is 12.4. The molecule has 0 spiro atoms. The highest BCUT2D eigenvalue weighted by Crippen LogP contribution is 2.79. The highest BCUT2D eigenvalue weighted by molar-refractivity contribution is 6.14. The van der Waals surface area contributed by atoms with Gasteiger partial charge in [0.05, 0.1) is 17.8 Å². The lowest BCUT2D eigenvalue weighted by molar-refractivity contribution is -0.152. The second kappa shape index (κ2) is 12.5. The average molecular weight is 547 g/mol. The van der Waals surface area contributed by atoms with Crippen molar-refractivity contribution in [2.75, 3.05) is 26.2 Å². The van der Waals surface area contributed by atoms with Crippen molar-refractivity contribution in [3.63, 3.8) is 0 Å². The van der Waals surface area contributed by atoms with Crippen molar-refractivity contribution in [3.8, 4) is 0 Å². The molecule has 10 nitrogen and oxygen atoms in total. The molecule has 10 heteroatoms. The number of fused-ring (bicyclic) bond motifs is 1. The van der Waals surface area contributed by atoms with Crippen LogP contribution in [0, 0.1) is 28.6 Å². The predicted octanol–water partition coefficient (Wildman–Crippen LogP) is 2.21. The van der Waals surface area contributed by atoms with Crippen molar-refractivity contribution in [1.82, 2.24) is 20.9 Å². The summed E-state index contributed by atoms with van der Waals surface area (Å²) in [5.41, 5.74) is -1.82. The Morgan fingerprint density at radius 2 is 1.82 bits per heavy atom. The zero-order chi connectivity index (χ0) is 28.2. The summed E-state index contributed by atoms with van der Waals surface area (Å²) in [6.45, 7) is 7.29. The molecule has 3 amide bonds. The molecule has 4 fully saturated rings. The van der Waals surface area contributed by atoms with Crippen molar-refractivity contribution in [2.24, 2.45) is 28.6 Å². The SMILES string of the molecule is CCCCCC(=O)N[C@H](CC(=O)O)N1C(=O)C2C(C)(CC(=O)CCC3CCNCC3)[C@]2(C2CCCNC2)C1=O. The van der Waals surface area contributed by atoms with E-state index in [1.807, 2.05) is 13.8 Å². The van der Waals surface area contributed by atoms with Crippen LogP contribution in [0.15, 0.2) is 0 Å². The number of likely N-dealkylation sites (tertiary alicyclic amines) is 1. The molecule has 3 aliphatic heterocycles. The Labute approximate surface area is 231 Å². The number of ketones is 1. The van der Waals surface area contributed by atoms with Crippen LogP contribution >= 0.6 is 0 Å². The number of nitrogens with one attached hydrogen (secondary N) is 3. The van der Waals surface area contributed by atoms with Crippen LogP contribution in [0.4, 0.5) is 0 Å². The first-order valence-corrected chi connectivity index (χ1v) is 15.0. The topological polar surface area (TPSA) is 145 Å². The van der Waals surface area contributed by atoms with Gasteiger partial charge in [-0.1, -0.05) is 26.7 Å². The van der Waals surface area contributed by atoms with Crippen LogP contribution in [-0.2, 0) is 24.0 Å². The Balaban J connectivity index is 1.53. The minimum Gasteiger partial charge on any atom is -0.481 e. The van der Waals surface area contributed by atoms with Crippen molar-refractivity contribution < 1.29 is 29.1 Å².